The standard InChI is InChI=1S/C17H21BrN2O3/c1-17(2,3)23-16(21)14(18)13-6-4-5-11-9-19-20(15(11)13)12-7-8-22-10-12/h4-6,9,12,14H,7-8,10H2,1-3H3. The van der Waals surface area contributed by atoms with Gasteiger partial charge in [0.1, 0.15) is 10.4 Å². The molecular weight excluding hydrogens is 360 g/mol. The molecule has 0 aliphatic carbocycles. The zero-order valence-corrected chi connectivity index (χ0v) is 15.2. The lowest BCUT2D eigenvalue weighted by Gasteiger charge is -2.22. The zero-order valence-electron chi connectivity index (χ0n) is 13.6. The van der Waals surface area contributed by atoms with Gasteiger partial charge in [0.15, 0.2) is 0 Å². The van der Waals surface area contributed by atoms with Gasteiger partial charge in [0.05, 0.1) is 24.4 Å². The van der Waals surface area contributed by atoms with Crippen molar-refractivity contribution in [3.63, 3.8) is 0 Å². The first-order valence-electron chi connectivity index (χ1n) is 7.77. The van der Waals surface area contributed by atoms with Crippen LogP contribution in [0.3, 0.4) is 0 Å². The summed E-state index contributed by atoms with van der Waals surface area (Å²) in [5, 5.41) is 5.53. The van der Waals surface area contributed by atoms with Crippen molar-refractivity contribution in [3.05, 3.63) is 30.0 Å². The fourth-order valence-corrected chi connectivity index (χ4v) is 3.27. The van der Waals surface area contributed by atoms with E-state index in [2.05, 4.69) is 21.0 Å². The van der Waals surface area contributed by atoms with E-state index in [0.717, 1.165) is 29.5 Å². The molecule has 1 aromatic carbocycles. The molecule has 0 bridgehead atoms. The molecule has 1 aliphatic rings. The summed E-state index contributed by atoms with van der Waals surface area (Å²) in [4.78, 5) is 11.9. The van der Waals surface area contributed by atoms with Crippen LogP contribution < -0.4 is 0 Å². The number of hydrogen-bond donors (Lipinski definition) is 0. The van der Waals surface area contributed by atoms with Gasteiger partial charge in [0.25, 0.3) is 0 Å². The monoisotopic (exact) mass is 380 g/mol. The van der Waals surface area contributed by atoms with Crippen LogP contribution in [0.4, 0.5) is 0 Å². The summed E-state index contributed by atoms with van der Waals surface area (Å²) >= 11 is 3.51. The van der Waals surface area contributed by atoms with E-state index in [1.165, 1.54) is 0 Å². The second-order valence-corrected chi connectivity index (χ2v) is 7.70. The van der Waals surface area contributed by atoms with Gasteiger partial charge in [-0.15, -0.1) is 0 Å². The Labute approximate surface area is 144 Å². The van der Waals surface area contributed by atoms with Gasteiger partial charge >= 0.3 is 5.97 Å². The first-order valence-corrected chi connectivity index (χ1v) is 8.69. The fraction of sp³-hybridized carbons (Fsp3) is 0.529. The predicted octanol–water partition coefficient (Wildman–Crippen LogP) is 3.78. The van der Waals surface area contributed by atoms with Crippen LogP contribution in [0, 0.1) is 0 Å². The molecule has 0 amide bonds. The van der Waals surface area contributed by atoms with Gasteiger partial charge in [0, 0.05) is 17.6 Å². The van der Waals surface area contributed by atoms with Crippen molar-refractivity contribution < 1.29 is 14.3 Å². The Bertz CT molecular complexity index is 714. The molecule has 5 nitrogen and oxygen atoms in total. The molecule has 3 rings (SSSR count). The third-order valence-corrected chi connectivity index (χ3v) is 4.65. The SMILES string of the molecule is CC(C)(C)OC(=O)C(Br)c1cccc2cnn(C3CCOC3)c12. The summed E-state index contributed by atoms with van der Waals surface area (Å²) < 4.78 is 13.0. The van der Waals surface area contributed by atoms with E-state index in [1.807, 2.05) is 49.8 Å². The van der Waals surface area contributed by atoms with Crippen LogP contribution in [0.5, 0.6) is 0 Å². The van der Waals surface area contributed by atoms with Crippen LogP contribution in [-0.4, -0.2) is 34.6 Å². The van der Waals surface area contributed by atoms with Crippen molar-refractivity contribution in [1.82, 2.24) is 9.78 Å². The molecule has 0 saturated carbocycles. The quantitative estimate of drug-likeness (QED) is 0.600. The molecule has 2 atom stereocenters. The van der Waals surface area contributed by atoms with E-state index >= 15 is 0 Å². The maximum atomic E-state index is 12.4. The summed E-state index contributed by atoms with van der Waals surface area (Å²) in [6.45, 7) is 7.00. The van der Waals surface area contributed by atoms with Crippen LogP contribution in [0.1, 0.15) is 43.6 Å². The lowest BCUT2D eigenvalue weighted by atomic mass is 10.1. The third kappa shape index (κ3) is 3.43. The molecule has 6 heteroatoms. The van der Waals surface area contributed by atoms with E-state index in [0.29, 0.717) is 6.61 Å². The number of aromatic nitrogens is 2. The number of para-hydroxylation sites is 1. The molecular formula is C17H21BrN2O3. The van der Waals surface area contributed by atoms with Gasteiger partial charge in [-0.05, 0) is 27.2 Å². The number of nitrogens with zero attached hydrogens (tertiary/aromatic N) is 2. The van der Waals surface area contributed by atoms with Crippen molar-refractivity contribution in [3.8, 4) is 0 Å². The Morgan fingerprint density at radius 1 is 1.48 bits per heavy atom. The van der Waals surface area contributed by atoms with Gasteiger partial charge in [-0.3, -0.25) is 9.48 Å². The lowest BCUT2D eigenvalue weighted by molar-refractivity contribution is -0.154. The summed E-state index contributed by atoms with van der Waals surface area (Å²) in [7, 11) is 0. The summed E-state index contributed by atoms with van der Waals surface area (Å²) in [6, 6.07) is 6.10. The molecule has 124 valence electrons. The van der Waals surface area contributed by atoms with Crippen molar-refractivity contribution in [1.29, 1.82) is 0 Å². The van der Waals surface area contributed by atoms with Gasteiger partial charge < -0.3 is 9.47 Å². The number of ether oxygens (including phenoxy) is 2. The summed E-state index contributed by atoms with van der Waals surface area (Å²) in [5.41, 5.74) is 1.33. The van der Waals surface area contributed by atoms with Gasteiger partial charge in [0.2, 0.25) is 0 Å². The van der Waals surface area contributed by atoms with E-state index in [4.69, 9.17) is 9.47 Å². The number of hydrogen-bond acceptors (Lipinski definition) is 4. The highest BCUT2D eigenvalue weighted by molar-refractivity contribution is 9.09. The number of carbonyl (C=O) groups excluding carboxylic acids is 1. The molecule has 0 spiro atoms. The first-order chi connectivity index (χ1) is 10.9. The highest BCUT2D eigenvalue weighted by atomic mass is 79.9. The van der Waals surface area contributed by atoms with Crippen LogP contribution in [-0.2, 0) is 14.3 Å². The summed E-state index contributed by atoms with van der Waals surface area (Å²) in [5.74, 6) is -0.291. The van der Waals surface area contributed by atoms with E-state index in [-0.39, 0.29) is 12.0 Å². The van der Waals surface area contributed by atoms with Crippen molar-refractivity contribution in [2.45, 2.75) is 43.7 Å². The van der Waals surface area contributed by atoms with E-state index < -0.39 is 10.4 Å². The second-order valence-electron chi connectivity index (χ2n) is 6.79. The Morgan fingerprint density at radius 3 is 2.91 bits per heavy atom. The maximum absolute atomic E-state index is 12.4. The Balaban J connectivity index is 1.99. The third-order valence-electron chi connectivity index (χ3n) is 3.79. The second kappa shape index (κ2) is 6.24. The first kappa shape index (κ1) is 16.5. The minimum atomic E-state index is -0.525. The van der Waals surface area contributed by atoms with Crippen LogP contribution in [0.2, 0.25) is 0 Å². The Hall–Kier alpha value is -1.40. The molecule has 0 radical (unpaired) electrons. The van der Waals surface area contributed by atoms with E-state index in [1.54, 1.807) is 0 Å². The van der Waals surface area contributed by atoms with E-state index in [9.17, 15) is 4.79 Å². The Morgan fingerprint density at radius 2 is 2.26 bits per heavy atom. The fourth-order valence-electron chi connectivity index (χ4n) is 2.81. The molecule has 2 aromatic rings. The van der Waals surface area contributed by atoms with Gasteiger partial charge in [-0.25, -0.2) is 0 Å². The predicted molar refractivity (Wildman–Crippen MR) is 91.7 cm³/mol. The zero-order chi connectivity index (χ0) is 16.6. The van der Waals surface area contributed by atoms with Gasteiger partial charge in [-0.1, -0.05) is 34.1 Å². The minimum absolute atomic E-state index is 0.215. The number of halogens is 1. The highest BCUT2D eigenvalue weighted by Gasteiger charge is 2.28. The average molecular weight is 381 g/mol. The molecule has 1 saturated heterocycles. The number of benzene rings is 1. The number of carbonyl (C=O) groups is 1. The Kier molecular flexibility index (Phi) is 4.47. The minimum Gasteiger partial charge on any atom is -0.459 e. The molecule has 1 aromatic heterocycles. The molecule has 0 N–H and O–H groups in total. The van der Waals surface area contributed by atoms with Crippen LogP contribution >= 0.6 is 15.9 Å². The topological polar surface area (TPSA) is 53.3 Å². The molecule has 1 fully saturated rings. The highest BCUT2D eigenvalue weighted by Crippen LogP contribution is 2.34. The largest absolute Gasteiger partial charge is 0.459 e. The van der Waals surface area contributed by atoms with Gasteiger partial charge in [-0.2, -0.15) is 5.10 Å². The number of esters is 1. The van der Waals surface area contributed by atoms with Crippen LogP contribution in [0.15, 0.2) is 24.4 Å². The molecule has 23 heavy (non-hydrogen) atoms. The maximum Gasteiger partial charge on any atom is 0.324 e. The lowest BCUT2D eigenvalue weighted by Crippen LogP contribution is -2.26. The number of fused-ring (bicyclic) bond motifs is 1. The molecule has 1 aliphatic heterocycles. The smallest absolute Gasteiger partial charge is 0.324 e. The molecule has 2 heterocycles. The van der Waals surface area contributed by atoms with Crippen molar-refractivity contribution in [2.75, 3.05) is 13.2 Å². The average Bonchev–Trinajstić information content (AvgIpc) is 3.12. The summed E-state index contributed by atoms with van der Waals surface area (Å²) in [6.07, 6.45) is 2.77. The van der Waals surface area contributed by atoms with Crippen molar-refractivity contribution >= 4 is 32.8 Å². The number of rotatable bonds is 3. The normalized spacial score (nSPS) is 19.9. The van der Waals surface area contributed by atoms with Crippen LogP contribution in [0.25, 0.3) is 10.9 Å². The number of alkyl halides is 1. The molecule has 2 unspecified atom stereocenters. The van der Waals surface area contributed by atoms with Crippen molar-refractivity contribution in [2.24, 2.45) is 0 Å².